The van der Waals surface area contributed by atoms with Crippen LogP contribution in [-0.2, 0) is 14.1 Å². The van der Waals surface area contributed by atoms with Gasteiger partial charge in [-0.2, -0.15) is 0 Å². The number of hydrogen-bond acceptors (Lipinski definition) is 6. The second-order valence-electron chi connectivity index (χ2n) is 6.31. The van der Waals surface area contributed by atoms with E-state index in [1.165, 1.54) is 18.0 Å². The third-order valence-corrected chi connectivity index (χ3v) is 4.65. The first kappa shape index (κ1) is 16.3. The van der Waals surface area contributed by atoms with E-state index in [1.54, 1.807) is 18.3 Å². The van der Waals surface area contributed by atoms with E-state index < -0.39 is 11.2 Å². The number of aromatic nitrogens is 4. The third-order valence-electron chi connectivity index (χ3n) is 4.65. The zero-order valence-corrected chi connectivity index (χ0v) is 14.0. The Morgan fingerprint density at radius 2 is 1.92 bits per heavy atom. The number of imidazole rings is 1. The standard InChI is InChI=1S/C15H23N7O2/c1-20-13-11(14(23)21(2)15(20)24)18-12(19-13)10(16)8-22(17)9-6-4-3-5-7-9/h8-9H,3-7,16-17H2,1-2H3,(H,18,19)/b10-8-. The number of aromatic amines is 1. The first-order valence-electron chi connectivity index (χ1n) is 8.06. The Hall–Kier alpha value is -2.55. The molecule has 1 saturated carbocycles. The predicted octanol–water partition coefficient (Wildman–Crippen LogP) is -0.274. The second-order valence-corrected chi connectivity index (χ2v) is 6.31. The molecule has 2 aromatic heterocycles. The zero-order valence-electron chi connectivity index (χ0n) is 14.0. The van der Waals surface area contributed by atoms with Gasteiger partial charge < -0.3 is 15.7 Å². The molecule has 1 aliphatic carbocycles. The molecule has 1 aliphatic rings. The molecule has 0 atom stereocenters. The highest BCUT2D eigenvalue weighted by Gasteiger charge is 2.18. The average molecular weight is 333 g/mol. The summed E-state index contributed by atoms with van der Waals surface area (Å²) >= 11 is 0. The number of nitrogens with zero attached hydrogens (tertiary/aromatic N) is 4. The summed E-state index contributed by atoms with van der Waals surface area (Å²) in [5.74, 6) is 6.43. The quantitative estimate of drug-likeness (QED) is 0.524. The van der Waals surface area contributed by atoms with E-state index in [0.717, 1.165) is 30.3 Å². The van der Waals surface area contributed by atoms with Crippen molar-refractivity contribution in [1.82, 2.24) is 24.1 Å². The van der Waals surface area contributed by atoms with Crippen LogP contribution in [0.3, 0.4) is 0 Å². The van der Waals surface area contributed by atoms with Gasteiger partial charge in [-0.25, -0.2) is 15.6 Å². The van der Waals surface area contributed by atoms with Gasteiger partial charge in [0.05, 0.1) is 5.70 Å². The molecule has 2 heterocycles. The molecule has 0 aromatic carbocycles. The summed E-state index contributed by atoms with van der Waals surface area (Å²) in [5.41, 5.74) is 6.07. The Morgan fingerprint density at radius 3 is 2.58 bits per heavy atom. The van der Waals surface area contributed by atoms with Crippen molar-refractivity contribution in [2.24, 2.45) is 25.7 Å². The van der Waals surface area contributed by atoms with Gasteiger partial charge in [0.25, 0.3) is 5.56 Å². The van der Waals surface area contributed by atoms with Crippen molar-refractivity contribution in [1.29, 1.82) is 0 Å². The monoisotopic (exact) mass is 333 g/mol. The number of nitrogens with one attached hydrogen (secondary N) is 1. The Bertz CT molecular complexity index is 899. The molecule has 1 fully saturated rings. The smallest absolute Gasteiger partial charge is 0.332 e. The number of H-pyrrole nitrogens is 1. The molecule has 2 aromatic rings. The normalized spacial score (nSPS) is 16.7. The molecule has 0 bridgehead atoms. The van der Waals surface area contributed by atoms with Crippen LogP contribution in [0.5, 0.6) is 0 Å². The lowest BCUT2D eigenvalue weighted by Gasteiger charge is -2.29. The third kappa shape index (κ3) is 2.71. The van der Waals surface area contributed by atoms with Gasteiger partial charge in [-0.15, -0.1) is 0 Å². The molecule has 24 heavy (non-hydrogen) atoms. The Balaban J connectivity index is 1.98. The Morgan fingerprint density at radius 1 is 1.25 bits per heavy atom. The zero-order chi connectivity index (χ0) is 17.4. The molecule has 0 aliphatic heterocycles. The maximum Gasteiger partial charge on any atom is 0.332 e. The van der Waals surface area contributed by atoms with Gasteiger partial charge in [0.2, 0.25) is 0 Å². The van der Waals surface area contributed by atoms with Crippen molar-refractivity contribution in [2.45, 2.75) is 38.1 Å². The van der Waals surface area contributed by atoms with Crippen molar-refractivity contribution in [2.75, 3.05) is 0 Å². The van der Waals surface area contributed by atoms with E-state index in [2.05, 4.69) is 9.97 Å². The minimum Gasteiger partial charge on any atom is -0.394 e. The number of rotatable bonds is 3. The van der Waals surface area contributed by atoms with E-state index in [4.69, 9.17) is 11.6 Å². The van der Waals surface area contributed by atoms with Gasteiger partial charge in [-0.3, -0.25) is 13.9 Å². The fourth-order valence-electron chi connectivity index (χ4n) is 3.17. The number of fused-ring (bicyclic) bond motifs is 1. The van der Waals surface area contributed by atoms with E-state index in [1.807, 2.05) is 0 Å². The molecule has 5 N–H and O–H groups in total. The molecule has 9 heteroatoms. The molecule has 3 rings (SSSR count). The fraction of sp³-hybridized carbons (Fsp3) is 0.533. The van der Waals surface area contributed by atoms with Crippen molar-refractivity contribution < 1.29 is 0 Å². The van der Waals surface area contributed by atoms with Gasteiger partial charge in [-0.05, 0) is 12.8 Å². The number of hydrazine groups is 1. The largest absolute Gasteiger partial charge is 0.394 e. The molecule has 0 spiro atoms. The van der Waals surface area contributed by atoms with E-state index in [-0.39, 0.29) is 17.2 Å². The predicted molar refractivity (Wildman–Crippen MR) is 91.6 cm³/mol. The summed E-state index contributed by atoms with van der Waals surface area (Å²) in [5, 5.41) is 1.62. The molecule has 0 saturated heterocycles. The summed E-state index contributed by atoms with van der Waals surface area (Å²) in [6.45, 7) is 0. The van der Waals surface area contributed by atoms with Crippen molar-refractivity contribution in [3.63, 3.8) is 0 Å². The van der Waals surface area contributed by atoms with E-state index in [9.17, 15) is 9.59 Å². The van der Waals surface area contributed by atoms with Crippen molar-refractivity contribution in [3.8, 4) is 0 Å². The highest BCUT2D eigenvalue weighted by molar-refractivity contribution is 5.74. The summed E-state index contributed by atoms with van der Waals surface area (Å²) in [4.78, 5) is 31.3. The van der Waals surface area contributed by atoms with E-state index in [0.29, 0.717) is 11.5 Å². The molecular formula is C15H23N7O2. The number of hydrogen-bond donors (Lipinski definition) is 3. The first-order chi connectivity index (χ1) is 11.4. The Kier molecular flexibility index (Phi) is 4.18. The summed E-state index contributed by atoms with van der Waals surface area (Å²) < 4.78 is 2.34. The number of nitrogens with two attached hydrogens (primary N) is 2. The minimum atomic E-state index is -0.434. The topological polar surface area (TPSA) is 128 Å². The van der Waals surface area contributed by atoms with Crippen LogP contribution < -0.4 is 22.8 Å². The molecule has 9 nitrogen and oxygen atoms in total. The molecular weight excluding hydrogens is 310 g/mol. The maximum atomic E-state index is 12.2. The molecule has 130 valence electrons. The molecule has 0 unspecified atom stereocenters. The van der Waals surface area contributed by atoms with Crippen LogP contribution in [0, 0.1) is 0 Å². The maximum absolute atomic E-state index is 12.2. The lowest BCUT2D eigenvalue weighted by Crippen LogP contribution is -2.38. The van der Waals surface area contributed by atoms with Crippen LogP contribution >= 0.6 is 0 Å². The molecule has 0 radical (unpaired) electrons. The van der Waals surface area contributed by atoms with Crippen molar-refractivity contribution >= 4 is 16.9 Å². The highest BCUT2D eigenvalue weighted by atomic mass is 16.2. The van der Waals surface area contributed by atoms with Crippen molar-refractivity contribution in [3.05, 3.63) is 32.9 Å². The Labute approximate surface area is 138 Å². The van der Waals surface area contributed by atoms with Gasteiger partial charge in [0.15, 0.2) is 11.5 Å². The minimum absolute atomic E-state index is 0.243. The van der Waals surface area contributed by atoms with Crippen LogP contribution in [0.1, 0.15) is 37.9 Å². The van der Waals surface area contributed by atoms with Crippen LogP contribution in [0.25, 0.3) is 16.9 Å². The van der Waals surface area contributed by atoms with Crippen LogP contribution in [0.2, 0.25) is 0 Å². The van der Waals surface area contributed by atoms with Gasteiger partial charge in [0.1, 0.15) is 5.52 Å². The number of aryl methyl sites for hydroxylation is 1. The van der Waals surface area contributed by atoms with E-state index >= 15 is 0 Å². The lowest BCUT2D eigenvalue weighted by atomic mass is 9.95. The summed E-state index contributed by atoms with van der Waals surface area (Å²) in [7, 11) is 2.99. The van der Waals surface area contributed by atoms with Gasteiger partial charge >= 0.3 is 5.69 Å². The van der Waals surface area contributed by atoms with Gasteiger partial charge in [0, 0.05) is 26.3 Å². The van der Waals surface area contributed by atoms with Gasteiger partial charge in [-0.1, -0.05) is 19.3 Å². The van der Waals surface area contributed by atoms with Crippen LogP contribution in [0.15, 0.2) is 15.8 Å². The average Bonchev–Trinajstić information content (AvgIpc) is 3.04. The molecule has 0 amide bonds. The fourth-order valence-corrected chi connectivity index (χ4v) is 3.17. The summed E-state index contributed by atoms with van der Waals surface area (Å²) in [6.07, 6.45) is 7.27. The highest BCUT2D eigenvalue weighted by Crippen LogP contribution is 2.21. The van der Waals surface area contributed by atoms with Crippen LogP contribution in [-0.4, -0.2) is 30.2 Å². The second kappa shape index (κ2) is 6.16. The first-order valence-corrected chi connectivity index (χ1v) is 8.06. The SMILES string of the molecule is Cn1c(=O)c2[nH]c(/C(N)=C/N(N)C3CCCCC3)nc2n(C)c1=O. The lowest BCUT2D eigenvalue weighted by molar-refractivity contribution is 0.222. The van der Waals surface area contributed by atoms with Crippen LogP contribution in [0.4, 0.5) is 0 Å². The summed E-state index contributed by atoms with van der Waals surface area (Å²) in [6, 6.07) is 0.263.